The summed E-state index contributed by atoms with van der Waals surface area (Å²) in [6, 6.07) is 2.11. The average molecular weight is 344 g/mol. The van der Waals surface area contributed by atoms with Gasteiger partial charge >= 0.3 is 0 Å². The van der Waals surface area contributed by atoms with E-state index >= 15 is 0 Å². The summed E-state index contributed by atoms with van der Waals surface area (Å²) in [6.07, 6.45) is 3.62. The van der Waals surface area contributed by atoms with Gasteiger partial charge in [0.05, 0.1) is 15.9 Å². The van der Waals surface area contributed by atoms with Gasteiger partial charge in [0, 0.05) is 13.2 Å². The lowest BCUT2D eigenvalue weighted by molar-refractivity contribution is -0.131. The van der Waals surface area contributed by atoms with E-state index < -0.39 is 0 Å². The average Bonchev–Trinajstić information content (AvgIpc) is 3.06. The fourth-order valence-corrected chi connectivity index (χ4v) is 3.56. The molecule has 1 amide bonds. The van der Waals surface area contributed by atoms with Crippen molar-refractivity contribution in [1.29, 1.82) is 0 Å². The third-order valence-corrected chi connectivity index (χ3v) is 5.30. The van der Waals surface area contributed by atoms with E-state index in [2.05, 4.69) is 29.4 Å². The van der Waals surface area contributed by atoms with Gasteiger partial charge in [0.15, 0.2) is 0 Å². The van der Waals surface area contributed by atoms with Crippen LogP contribution in [0.25, 0.3) is 0 Å². The molecule has 0 bridgehead atoms. The molecule has 0 spiro atoms. The highest BCUT2D eigenvalue weighted by Crippen LogP contribution is 2.27. The van der Waals surface area contributed by atoms with Crippen LogP contribution in [-0.2, 0) is 16.1 Å². The topological polar surface area (TPSA) is 29.5 Å². The van der Waals surface area contributed by atoms with Crippen molar-refractivity contribution in [1.82, 2.24) is 4.90 Å². The molecule has 3 nitrogen and oxygen atoms in total. The highest BCUT2D eigenvalue weighted by atomic mass is 79.9. The molecule has 0 aliphatic carbocycles. The first-order valence-electron chi connectivity index (χ1n) is 6.40. The van der Waals surface area contributed by atoms with Crippen LogP contribution in [0.2, 0.25) is 0 Å². The lowest BCUT2D eigenvalue weighted by Crippen LogP contribution is -2.43. The van der Waals surface area contributed by atoms with E-state index in [-0.39, 0.29) is 18.1 Å². The first kappa shape index (κ1) is 14.8. The lowest BCUT2D eigenvalue weighted by atomic mass is 10.1. The van der Waals surface area contributed by atoms with Crippen molar-refractivity contribution in [3.63, 3.8) is 0 Å². The van der Waals surface area contributed by atoms with Crippen LogP contribution in [0.15, 0.2) is 27.9 Å². The molecule has 0 radical (unpaired) electrons. The predicted octanol–water partition coefficient (Wildman–Crippen LogP) is 3.59. The van der Waals surface area contributed by atoms with Crippen molar-refractivity contribution >= 4 is 33.2 Å². The molecular weight excluding hydrogens is 326 g/mol. The normalized spacial score (nSPS) is 20.2. The summed E-state index contributed by atoms with van der Waals surface area (Å²) in [5.74, 6) is -0.0406. The second-order valence-corrected chi connectivity index (χ2v) is 6.92. The number of hydrogen-bond donors (Lipinski definition) is 0. The minimum absolute atomic E-state index is 0.0406. The fraction of sp³-hybridized carbons (Fsp3) is 0.500. The van der Waals surface area contributed by atoms with E-state index in [1.807, 2.05) is 16.3 Å². The Labute approximate surface area is 126 Å². The fourth-order valence-electron chi connectivity index (χ4n) is 2.34. The maximum Gasteiger partial charge on any atom is 0.246 e. The molecule has 2 unspecified atom stereocenters. The predicted molar refractivity (Wildman–Crippen MR) is 81.2 cm³/mol. The number of rotatable bonds is 5. The Morgan fingerprint density at radius 1 is 1.79 bits per heavy atom. The zero-order chi connectivity index (χ0) is 13.8. The summed E-state index contributed by atoms with van der Waals surface area (Å²) in [5, 5.41) is 2.02. The standard InChI is InChI=1S/C14H18BrNO2S/c1-3-13(17)16(9-11-6-8-19-14(11)15)10(2)12-5-4-7-18-12/h3,6,8,10,12H,1,4-5,7,9H2,2H3. The Balaban J connectivity index is 2.13. The summed E-state index contributed by atoms with van der Waals surface area (Å²) in [4.78, 5) is 13.9. The van der Waals surface area contributed by atoms with Crippen molar-refractivity contribution in [3.05, 3.63) is 33.5 Å². The summed E-state index contributed by atoms with van der Waals surface area (Å²) in [5.41, 5.74) is 1.13. The maximum atomic E-state index is 12.1. The zero-order valence-corrected chi connectivity index (χ0v) is 13.4. The molecule has 1 fully saturated rings. The molecular formula is C14H18BrNO2S. The number of thiophene rings is 1. The van der Waals surface area contributed by atoms with E-state index in [4.69, 9.17) is 4.74 Å². The van der Waals surface area contributed by atoms with Gasteiger partial charge < -0.3 is 9.64 Å². The molecule has 1 aromatic rings. The van der Waals surface area contributed by atoms with Crippen LogP contribution in [0.1, 0.15) is 25.3 Å². The van der Waals surface area contributed by atoms with Crippen LogP contribution in [-0.4, -0.2) is 29.6 Å². The van der Waals surface area contributed by atoms with E-state index in [0.29, 0.717) is 6.54 Å². The third-order valence-electron chi connectivity index (χ3n) is 3.49. The highest BCUT2D eigenvalue weighted by Gasteiger charge is 2.29. The number of hydrogen-bond acceptors (Lipinski definition) is 3. The number of carbonyl (C=O) groups is 1. The van der Waals surface area contributed by atoms with Crippen LogP contribution in [0, 0.1) is 0 Å². The van der Waals surface area contributed by atoms with Gasteiger partial charge in [0.2, 0.25) is 5.91 Å². The highest BCUT2D eigenvalue weighted by molar-refractivity contribution is 9.11. The molecule has 0 saturated carbocycles. The monoisotopic (exact) mass is 343 g/mol. The summed E-state index contributed by atoms with van der Waals surface area (Å²) in [7, 11) is 0. The molecule has 19 heavy (non-hydrogen) atoms. The van der Waals surface area contributed by atoms with Crippen molar-refractivity contribution in [3.8, 4) is 0 Å². The summed E-state index contributed by atoms with van der Waals surface area (Å²) in [6.45, 7) is 7.05. The Hall–Kier alpha value is -0.650. The SMILES string of the molecule is C=CC(=O)N(Cc1ccsc1Br)C(C)C1CCCO1. The van der Waals surface area contributed by atoms with E-state index in [1.165, 1.54) is 6.08 Å². The van der Waals surface area contributed by atoms with E-state index in [1.54, 1.807) is 11.3 Å². The second kappa shape index (κ2) is 6.68. The molecule has 2 heterocycles. The van der Waals surface area contributed by atoms with Gasteiger partial charge in [0.25, 0.3) is 0 Å². The molecule has 1 saturated heterocycles. The van der Waals surface area contributed by atoms with Crippen LogP contribution in [0.5, 0.6) is 0 Å². The van der Waals surface area contributed by atoms with Crippen LogP contribution in [0.4, 0.5) is 0 Å². The van der Waals surface area contributed by atoms with Crippen molar-refractivity contribution < 1.29 is 9.53 Å². The van der Waals surface area contributed by atoms with Gasteiger partial charge in [-0.25, -0.2) is 0 Å². The number of ether oxygens (including phenoxy) is 1. The number of halogens is 1. The molecule has 2 atom stereocenters. The molecule has 104 valence electrons. The molecule has 1 aliphatic heterocycles. The minimum atomic E-state index is -0.0406. The molecule has 1 aromatic heterocycles. The number of amides is 1. The Kier molecular flexibility index (Phi) is 5.19. The van der Waals surface area contributed by atoms with Crippen molar-refractivity contribution in [2.24, 2.45) is 0 Å². The van der Waals surface area contributed by atoms with Gasteiger partial charge in [-0.15, -0.1) is 11.3 Å². The van der Waals surface area contributed by atoms with E-state index in [9.17, 15) is 4.79 Å². The Morgan fingerprint density at radius 3 is 3.11 bits per heavy atom. The smallest absolute Gasteiger partial charge is 0.246 e. The molecule has 2 rings (SSSR count). The second-order valence-electron chi connectivity index (χ2n) is 4.68. The van der Waals surface area contributed by atoms with Gasteiger partial charge in [-0.2, -0.15) is 0 Å². The van der Waals surface area contributed by atoms with Gasteiger partial charge in [-0.05, 0) is 58.8 Å². The maximum absolute atomic E-state index is 12.1. The first-order chi connectivity index (χ1) is 9.13. The Morgan fingerprint density at radius 2 is 2.58 bits per heavy atom. The molecule has 0 N–H and O–H groups in total. The molecule has 5 heteroatoms. The third kappa shape index (κ3) is 3.46. The lowest BCUT2D eigenvalue weighted by Gasteiger charge is -2.32. The van der Waals surface area contributed by atoms with Crippen LogP contribution < -0.4 is 0 Å². The molecule has 1 aliphatic rings. The quantitative estimate of drug-likeness (QED) is 0.764. The minimum Gasteiger partial charge on any atom is -0.376 e. The molecule has 0 aromatic carbocycles. The van der Waals surface area contributed by atoms with E-state index in [0.717, 1.165) is 28.8 Å². The van der Waals surface area contributed by atoms with Gasteiger partial charge in [-0.3, -0.25) is 4.79 Å². The largest absolute Gasteiger partial charge is 0.376 e. The van der Waals surface area contributed by atoms with Crippen molar-refractivity contribution in [2.75, 3.05) is 6.61 Å². The zero-order valence-electron chi connectivity index (χ0n) is 11.0. The van der Waals surface area contributed by atoms with Gasteiger partial charge in [0.1, 0.15) is 0 Å². The first-order valence-corrected chi connectivity index (χ1v) is 8.07. The number of nitrogens with zero attached hydrogens (tertiary/aromatic N) is 1. The summed E-state index contributed by atoms with van der Waals surface area (Å²) < 4.78 is 6.78. The Bertz CT molecular complexity index is 454. The van der Waals surface area contributed by atoms with Crippen LogP contribution in [0.3, 0.4) is 0 Å². The summed E-state index contributed by atoms with van der Waals surface area (Å²) >= 11 is 5.15. The van der Waals surface area contributed by atoms with Crippen molar-refractivity contribution in [2.45, 2.75) is 38.5 Å². The van der Waals surface area contributed by atoms with Gasteiger partial charge in [-0.1, -0.05) is 6.58 Å². The number of carbonyl (C=O) groups excluding carboxylic acids is 1. The van der Waals surface area contributed by atoms with Crippen LogP contribution >= 0.6 is 27.3 Å².